The monoisotopic (exact) mass is 618 g/mol. The first kappa shape index (κ1) is 32.2. The highest BCUT2D eigenvalue weighted by Gasteiger charge is 2.55. The van der Waals surface area contributed by atoms with Crippen molar-refractivity contribution in [2.24, 2.45) is 0 Å². The second kappa shape index (κ2) is 14.7. The smallest absolute Gasteiger partial charge is 0.402 e. The third-order valence-electron chi connectivity index (χ3n) is 6.38. The van der Waals surface area contributed by atoms with Crippen LogP contribution in [0.1, 0.15) is 23.0 Å². The van der Waals surface area contributed by atoms with Gasteiger partial charge in [-0.05, 0) is 59.7 Å². The molecular formula is C33H28F6O5. The van der Waals surface area contributed by atoms with Crippen LogP contribution in [0.25, 0.3) is 0 Å². The number of para-hydroxylation sites is 2. The molecule has 0 saturated heterocycles. The van der Waals surface area contributed by atoms with E-state index >= 15 is 0 Å². The number of ketones is 1. The fourth-order valence-electron chi connectivity index (χ4n) is 4.38. The highest BCUT2D eigenvalue weighted by atomic mass is 19.4. The van der Waals surface area contributed by atoms with E-state index < -0.39 is 41.1 Å². The minimum absolute atomic E-state index is 0.0613. The summed E-state index contributed by atoms with van der Waals surface area (Å²) in [7, 11) is 0. The van der Waals surface area contributed by atoms with E-state index in [-0.39, 0.29) is 37.9 Å². The SMILES string of the molecule is O=C(C(c1ccc(OCCOc2ccccc2)cc1)C(F)(F)F)C(c1ccc(OCCOc2ccccc2)cc1)C(F)(F)F. The van der Waals surface area contributed by atoms with Gasteiger partial charge < -0.3 is 18.9 Å². The van der Waals surface area contributed by atoms with Gasteiger partial charge in [0.2, 0.25) is 0 Å². The predicted octanol–water partition coefficient (Wildman–Crippen LogP) is 8.16. The zero-order valence-electron chi connectivity index (χ0n) is 23.2. The van der Waals surface area contributed by atoms with Gasteiger partial charge in [-0.15, -0.1) is 0 Å². The zero-order chi connectivity index (χ0) is 31.6. The van der Waals surface area contributed by atoms with Crippen molar-refractivity contribution in [2.45, 2.75) is 24.2 Å². The van der Waals surface area contributed by atoms with Gasteiger partial charge in [0.25, 0.3) is 0 Å². The molecule has 4 aromatic rings. The van der Waals surface area contributed by atoms with Gasteiger partial charge in [0.15, 0.2) is 5.78 Å². The Labute approximate surface area is 249 Å². The Morgan fingerprint density at radius 2 is 0.727 bits per heavy atom. The first-order chi connectivity index (χ1) is 21.0. The van der Waals surface area contributed by atoms with Crippen LogP contribution in [-0.2, 0) is 4.79 Å². The summed E-state index contributed by atoms with van der Waals surface area (Å²) in [6, 6.07) is 26.1. The number of carbonyl (C=O) groups excluding carboxylic acids is 1. The minimum Gasteiger partial charge on any atom is -0.490 e. The molecule has 4 rings (SSSR count). The summed E-state index contributed by atoms with van der Waals surface area (Å²) in [4.78, 5) is 13.1. The van der Waals surface area contributed by atoms with E-state index in [9.17, 15) is 31.1 Å². The molecule has 11 heteroatoms. The summed E-state index contributed by atoms with van der Waals surface area (Å²) < 4.78 is 107. The van der Waals surface area contributed by atoms with Gasteiger partial charge in [0.1, 0.15) is 61.3 Å². The van der Waals surface area contributed by atoms with E-state index in [1.165, 1.54) is 24.3 Å². The van der Waals surface area contributed by atoms with Gasteiger partial charge in [0, 0.05) is 0 Å². The van der Waals surface area contributed by atoms with Gasteiger partial charge in [-0.1, -0.05) is 60.7 Å². The summed E-state index contributed by atoms with van der Waals surface area (Å²) in [5.41, 5.74) is -1.27. The fraction of sp³-hybridized carbons (Fsp3) is 0.242. The maximum Gasteiger partial charge on any atom is 0.402 e. The Balaban J connectivity index is 1.41. The second-order valence-electron chi connectivity index (χ2n) is 9.51. The molecule has 0 fully saturated rings. The Kier molecular flexibility index (Phi) is 10.8. The molecular weight excluding hydrogens is 590 g/mol. The van der Waals surface area contributed by atoms with E-state index in [1.54, 1.807) is 48.5 Å². The number of ether oxygens (including phenoxy) is 4. The van der Waals surface area contributed by atoms with E-state index in [0.29, 0.717) is 11.5 Å². The van der Waals surface area contributed by atoms with Crippen LogP contribution in [-0.4, -0.2) is 44.6 Å². The number of rotatable bonds is 14. The summed E-state index contributed by atoms with van der Waals surface area (Å²) in [6.45, 7) is 0.416. The Hall–Kier alpha value is -4.67. The van der Waals surface area contributed by atoms with Crippen LogP contribution >= 0.6 is 0 Å². The Bertz CT molecular complexity index is 1330. The molecule has 0 bridgehead atoms. The first-order valence-electron chi connectivity index (χ1n) is 13.5. The van der Waals surface area contributed by atoms with Gasteiger partial charge in [-0.25, -0.2) is 0 Å². The van der Waals surface area contributed by atoms with Gasteiger partial charge in [-0.3, -0.25) is 4.79 Å². The van der Waals surface area contributed by atoms with Crippen LogP contribution in [0.3, 0.4) is 0 Å². The molecule has 0 saturated carbocycles. The summed E-state index contributed by atoms with van der Waals surface area (Å²) in [5, 5.41) is 0. The van der Waals surface area contributed by atoms with Crippen molar-refractivity contribution in [1.82, 2.24) is 0 Å². The van der Waals surface area contributed by atoms with Crippen LogP contribution in [0.5, 0.6) is 23.0 Å². The van der Waals surface area contributed by atoms with E-state index in [4.69, 9.17) is 18.9 Å². The van der Waals surface area contributed by atoms with Crippen molar-refractivity contribution in [1.29, 1.82) is 0 Å². The second-order valence-corrected chi connectivity index (χ2v) is 9.51. The molecule has 4 aromatic carbocycles. The third kappa shape index (κ3) is 9.16. The standard InChI is InChI=1S/C33H28F6O5/c34-32(35,36)29(23-11-15-27(16-12-23)43-21-19-41-25-7-3-1-4-8-25)31(40)30(33(37,38)39)24-13-17-28(18-14-24)44-22-20-42-26-9-5-2-6-10-26/h1-18,29-30H,19-22H2. The van der Waals surface area contributed by atoms with Crippen molar-refractivity contribution < 1.29 is 50.1 Å². The maximum atomic E-state index is 14.1. The third-order valence-corrected chi connectivity index (χ3v) is 6.38. The minimum atomic E-state index is -5.28. The number of alkyl halides is 6. The fourth-order valence-corrected chi connectivity index (χ4v) is 4.38. The maximum absolute atomic E-state index is 14.1. The van der Waals surface area contributed by atoms with Crippen LogP contribution in [0, 0.1) is 0 Å². The van der Waals surface area contributed by atoms with Crippen LogP contribution < -0.4 is 18.9 Å². The number of halogens is 6. The van der Waals surface area contributed by atoms with E-state index in [2.05, 4.69) is 0 Å². The molecule has 2 atom stereocenters. The van der Waals surface area contributed by atoms with Crippen molar-refractivity contribution in [2.75, 3.05) is 26.4 Å². The molecule has 0 spiro atoms. The molecule has 5 nitrogen and oxygen atoms in total. The van der Waals surface area contributed by atoms with Gasteiger partial charge >= 0.3 is 12.4 Å². The molecule has 0 aliphatic rings. The predicted molar refractivity (Wildman–Crippen MR) is 150 cm³/mol. The molecule has 0 radical (unpaired) electrons. The molecule has 0 N–H and O–H groups in total. The molecule has 0 aromatic heterocycles. The summed E-state index contributed by atoms with van der Waals surface area (Å²) in [5.74, 6) is -6.54. The lowest BCUT2D eigenvalue weighted by Gasteiger charge is -2.27. The number of carbonyl (C=O) groups is 1. The van der Waals surface area contributed by atoms with Crippen molar-refractivity contribution in [3.05, 3.63) is 120 Å². The number of hydrogen-bond acceptors (Lipinski definition) is 5. The lowest BCUT2D eigenvalue weighted by molar-refractivity contribution is -0.183. The zero-order valence-corrected chi connectivity index (χ0v) is 23.2. The highest BCUT2D eigenvalue weighted by Crippen LogP contribution is 2.45. The molecule has 0 aliphatic carbocycles. The average molecular weight is 619 g/mol. The lowest BCUT2D eigenvalue weighted by atomic mass is 9.82. The van der Waals surface area contributed by atoms with Crippen LogP contribution in [0.2, 0.25) is 0 Å². The number of hydrogen-bond donors (Lipinski definition) is 0. The lowest BCUT2D eigenvalue weighted by Crippen LogP contribution is -2.38. The average Bonchev–Trinajstić information content (AvgIpc) is 2.99. The van der Waals surface area contributed by atoms with E-state index in [0.717, 1.165) is 24.3 Å². The Morgan fingerprint density at radius 1 is 0.455 bits per heavy atom. The van der Waals surface area contributed by atoms with Gasteiger partial charge in [0.05, 0.1) is 0 Å². The molecule has 0 heterocycles. The summed E-state index contributed by atoms with van der Waals surface area (Å²) in [6.07, 6.45) is -10.6. The topological polar surface area (TPSA) is 54.0 Å². The van der Waals surface area contributed by atoms with Crippen molar-refractivity contribution in [3.8, 4) is 23.0 Å². The highest BCUT2D eigenvalue weighted by molar-refractivity contribution is 5.93. The first-order valence-corrected chi connectivity index (χ1v) is 13.5. The van der Waals surface area contributed by atoms with Crippen LogP contribution in [0.4, 0.5) is 26.3 Å². The summed E-state index contributed by atoms with van der Waals surface area (Å²) >= 11 is 0. The molecule has 232 valence electrons. The number of benzene rings is 4. The normalized spacial score (nSPS) is 13.0. The molecule has 44 heavy (non-hydrogen) atoms. The van der Waals surface area contributed by atoms with Gasteiger partial charge in [-0.2, -0.15) is 26.3 Å². The molecule has 0 amide bonds. The van der Waals surface area contributed by atoms with Crippen molar-refractivity contribution >= 4 is 5.78 Å². The number of Topliss-reactive ketones (excluding diaryl/α,β-unsaturated/α-hetero) is 1. The van der Waals surface area contributed by atoms with E-state index in [1.807, 2.05) is 12.1 Å². The molecule has 2 unspecified atom stereocenters. The Morgan fingerprint density at radius 3 is 1.00 bits per heavy atom. The molecule has 0 aliphatic heterocycles. The largest absolute Gasteiger partial charge is 0.490 e. The quantitative estimate of drug-likeness (QED) is 0.105. The van der Waals surface area contributed by atoms with Crippen molar-refractivity contribution in [3.63, 3.8) is 0 Å². The van der Waals surface area contributed by atoms with Crippen LogP contribution in [0.15, 0.2) is 109 Å².